The molecule has 0 bridgehead atoms. The van der Waals surface area contributed by atoms with E-state index in [9.17, 15) is 9.59 Å². The normalized spacial score (nSPS) is 10.9. The highest BCUT2D eigenvalue weighted by molar-refractivity contribution is 6.38. The Kier molecular flexibility index (Phi) is 7.95. The number of hydrogen-bond acceptors (Lipinski definition) is 6. The minimum absolute atomic E-state index is 0.0431. The summed E-state index contributed by atoms with van der Waals surface area (Å²) >= 11 is 13.2. The summed E-state index contributed by atoms with van der Waals surface area (Å²) < 4.78 is 8.12. The molecule has 3 aromatic heterocycles. The van der Waals surface area contributed by atoms with Gasteiger partial charge in [-0.3, -0.25) is 14.6 Å². The predicted octanol–water partition coefficient (Wildman–Crippen LogP) is 5.40. The molecule has 0 fully saturated rings. The molecule has 1 N–H and O–H groups in total. The molecule has 202 valence electrons. The highest BCUT2D eigenvalue weighted by Gasteiger charge is 2.20. The van der Waals surface area contributed by atoms with E-state index in [1.165, 1.54) is 17.3 Å². The molecule has 11 heteroatoms. The van der Waals surface area contributed by atoms with E-state index in [4.69, 9.17) is 32.9 Å². The molecule has 9 nitrogen and oxygen atoms in total. The summed E-state index contributed by atoms with van der Waals surface area (Å²) in [5.41, 5.74) is 3.79. The van der Waals surface area contributed by atoms with Crippen molar-refractivity contribution in [1.29, 1.82) is 0 Å². The lowest BCUT2D eigenvalue weighted by molar-refractivity contribution is -0.117. The third kappa shape index (κ3) is 5.61. The van der Waals surface area contributed by atoms with Gasteiger partial charge in [0, 0.05) is 59.1 Å². The fourth-order valence-electron chi connectivity index (χ4n) is 4.20. The summed E-state index contributed by atoms with van der Waals surface area (Å²) in [6.07, 6.45) is 8.34. The van der Waals surface area contributed by atoms with Crippen LogP contribution in [0.4, 0.5) is 5.69 Å². The van der Waals surface area contributed by atoms with Crippen LogP contribution in [0.15, 0.2) is 79.6 Å². The first-order chi connectivity index (χ1) is 19.3. The lowest BCUT2D eigenvalue weighted by Crippen LogP contribution is -2.38. The highest BCUT2D eigenvalue weighted by atomic mass is 35.5. The molecule has 5 rings (SSSR count). The minimum Gasteiger partial charge on any atom is -0.487 e. The zero-order chi connectivity index (χ0) is 28.2. The van der Waals surface area contributed by atoms with E-state index in [2.05, 4.69) is 15.3 Å². The topological polar surface area (TPSA) is 102 Å². The first-order valence-electron chi connectivity index (χ1n) is 12.3. The Balaban J connectivity index is 1.35. The number of carbonyl (C=O) groups is 2. The average molecular weight is 575 g/mol. The zero-order valence-electron chi connectivity index (χ0n) is 21.6. The van der Waals surface area contributed by atoms with Gasteiger partial charge in [0.15, 0.2) is 0 Å². The van der Waals surface area contributed by atoms with Crippen LogP contribution >= 0.6 is 23.2 Å². The SMILES string of the molecule is Cc1cc(-n2ccnc2)c2cccc(OCc3c(Cl)ccc(N(C)C(=O)CNC(=O)c4ccncc4)c3Cl)c2n1. The van der Waals surface area contributed by atoms with Crippen molar-refractivity contribution in [2.45, 2.75) is 13.5 Å². The molecule has 0 atom stereocenters. The second-order valence-corrected chi connectivity index (χ2v) is 9.71. The predicted molar refractivity (Wildman–Crippen MR) is 154 cm³/mol. The lowest BCUT2D eigenvalue weighted by Gasteiger charge is -2.21. The van der Waals surface area contributed by atoms with Crippen LogP contribution in [0.5, 0.6) is 5.75 Å². The molecule has 2 aromatic carbocycles. The van der Waals surface area contributed by atoms with Crippen LogP contribution in [0.1, 0.15) is 21.6 Å². The van der Waals surface area contributed by atoms with Gasteiger partial charge in [-0.2, -0.15) is 0 Å². The van der Waals surface area contributed by atoms with E-state index in [1.807, 2.05) is 42.0 Å². The van der Waals surface area contributed by atoms with Crippen molar-refractivity contribution in [2.75, 3.05) is 18.5 Å². The van der Waals surface area contributed by atoms with Gasteiger partial charge in [-0.1, -0.05) is 35.3 Å². The molecule has 0 saturated carbocycles. The number of hydrogen-bond donors (Lipinski definition) is 1. The maximum atomic E-state index is 12.9. The van der Waals surface area contributed by atoms with Crippen LogP contribution in [-0.4, -0.2) is 44.9 Å². The number of para-hydroxylation sites is 1. The summed E-state index contributed by atoms with van der Waals surface area (Å²) in [6, 6.07) is 14.1. The van der Waals surface area contributed by atoms with Crippen LogP contribution in [0.2, 0.25) is 10.0 Å². The van der Waals surface area contributed by atoms with Crippen LogP contribution in [0.25, 0.3) is 16.6 Å². The number of imidazole rings is 1. The first kappa shape index (κ1) is 27.1. The minimum atomic E-state index is -0.379. The van der Waals surface area contributed by atoms with Crippen LogP contribution in [0, 0.1) is 6.92 Å². The number of pyridine rings is 2. The van der Waals surface area contributed by atoms with E-state index >= 15 is 0 Å². The number of anilines is 1. The Hall–Kier alpha value is -4.47. The van der Waals surface area contributed by atoms with Crippen molar-refractivity contribution in [1.82, 2.24) is 24.8 Å². The molecule has 0 spiro atoms. The number of carbonyl (C=O) groups excluding carboxylic acids is 2. The van der Waals surface area contributed by atoms with Gasteiger partial charge in [0.25, 0.3) is 5.91 Å². The van der Waals surface area contributed by atoms with Crippen LogP contribution in [0.3, 0.4) is 0 Å². The Bertz CT molecular complexity index is 1690. The molecule has 0 aliphatic heterocycles. The summed E-state index contributed by atoms with van der Waals surface area (Å²) in [7, 11) is 1.58. The summed E-state index contributed by atoms with van der Waals surface area (Å²) in [5.74, 6) is -0.182. The van der Waals surface area contributed by atoms with Gasteiger partial charge in [-0.15, -0.1) is 0 Å². The van der Waals surface area contributed by atoms with Crippen molar-refractivity contribution >= 4 is 51.6 Å². The second-order valence-electron chi connectivity index (χ2n) is 8.92. The van der Waals surface area contributed by atoms with E-state index < -0.39 is 0 Å². The van der Waals surface area contributed by atoms with Gasteiger partial charge in [0.1, 0.15) is 17.9 Å². The Morgan fingerprint density at radius 3 is 2.60 bits per heavy atom. The van der Waals surface area contributed by atoms with Gasteiger partial charge >= 0.3 is 0 Å². The number of ether oxygens (including phenoxy) is 1. The number of rotatable bonds is 8. The highest BCUT2D eigenvalue weighted by Crippen LogP contribution is 2.36. The largest absolute Gasteiger partial charge is 0.487 e. The first-order valence-corrected chi connectivity index (χ1v) is 13.0. The number of benzene rings is 2. The molecule has 3 heterocycles. The number of fused-ring (bicyclic) bond motifs is 1. The monoisotopic (exact) mass is 574 g/mol. The molecule has 0 radical (unpaired) electrons. The van der Waals surface area contributed by atoms with Crippen molar-refractivity contribution in [2.24, 2.45) is 0 Å². The number of aryl methyl sites for hydroxylation is 1. The second kappa shape index (κ2) is 11.7. The van der Waals surface area contributed by atoms with Gasteiger partial charge < -0.3 is 19.5 Å². The maximum Gasteiger partial charge on any atom is 0.251 e. The van der Waals surface area contributed by atoms with Crippen LogP contribution in [-0.2, 0) is 11.4 Å². The fourth-order valence-corrected chi connectivity index (χ4v) is 4.81. The molecular weight excluding hydrogens is 551 g/mol. The quantitative estimate of drug-likeness (QED) is 0.266. The molecule has 0 unspecified atom stereocenters. The van der Waals surface area contributed by atoms with E-state index in [0.717, 1.165) is 16.8 Å². The van der Waals surface area contributed by atoms with Gasteiger partial charge in [-0.25, -0.2) is 9.97 Å². The molecule has 40 heavy (non-hydrogen) atoms. The maximum absolute atomic E-state index is 12.9. The third-order valence-corrected chi connectivity index (χ3v) is 7.08. The van der Waals surface area contributed by atoms with E-state index in [1.54, 1.807) is 43.8 Å². The molecule has 0 aliphatic rings. The summed E-state index contributed by atoms with van der Waals surface area (Å²) in [6.45, 7) is 1.74. The van der Waals surface area contributed by atoms with Gasteiger partial charge in [0.05, 0.1) is 29.3 Å². The van der Waals surface area contributed by atoms with Crippen LogP contribution < -0.4 is 15.0 Å². The van der Waals surface area contributed by atoms with Crippen molar-refractivity contribution in [3.05, 3.63) is 107 Å². The third-order valence-electron chi connectivity index (χ3n) is 6.31. The summed E-state index contributed by atoms with van der Waals surface area (Å²) in [5, 5.41) is 4.17. The summed E-state index contributed by atoms with van der Waals surface area (Å²) in [4.78, 5) is 39.3. The standard InChI is InChI=1S/C29H24Cl2N6O3/c1-18-14-24(37-13-12-33-17-37)20-4-3-5-25(28(20)35-18)40-16-21-22(30)6-7-23(27(21)31)36(2)26(38)15-34-29(39)19-8-10-32-11-9-19/h3-14,17H,15-16H2,1-2H3,(H,34,39). The number of halogens is 2. The van der Waals surface area contributed by atoms with Crippen molar-refractivity contribution < 1.29 is 14.3 Å². The number of nitrogens with one attached hydrogen (secondary N) is 1. The van der Waals surface area contributed by atoms with E-state index in [-0.39, 0.29) is 30.0 Å². The Morgan fingerprint density at radius 1 is 1.05 bits per heavy atom. The fraction of sp³-hybridized carbons (Fsp3) is 0.138. The number of aromatic nitrogens is 4. The molecule has 2 amide bonds. The van der Waals surface area contributed by atoms with Gasteiger partial charge in [-0.05, 0) is 43.3 Å². The number of nitrogens with zero attached hydrogens (tertiary/aromatic N) is 5. The average Bonchev–Trinajstić information content (AvgIpc) is 3.50. The Morgan fingerprint density at radius 2 is 1.85 bits per heavy atom. The number of amides is 2. The van der Waals surface area contributed by atoms with Crippen molar-refractivity contribution in [3.63, 3.8) is 0 Å². The van der Waals surface area contributed by atoms with Crippen molar-refractivity contribution in [3.8, 4) is 11.4 Å². The molecule has 5 aromatic rings. The van der Waals surface area contributed by atoms with E-state index in [0.29, 0.717) is 33.1 Å². The molecular formula is C29H24Cl2N6O3. The molecule has 0 aliphatic carbocycles. The smallest absolute Gasteiger partial charge is 0.251 e. The lowest BCUT2D eigenvalue weighted by atomic mass is 10.1. The zero-order valence-corrected chi connectivity index (χ0v) is 23.1. The Labute approximate surface area is 240 Å². The molecule has 0 saturated heterocycles. The van der Waals surface area contributed by atoms with Gasteiger partial charge in [0.2, 0.25) is 5.91 Å². The number of likely N-dealkylation sites (N-methyl/N-ethyl adjacent to an activating group) is 1.